The van der Waals surface area contributed by atoms with E-state index in [1.54, 1.807) is 0 Å². The Balaban J connectivity index is 2.32. The highest BCUT2D eigenvalue weighted by molar-refractivity contribution is 5.72. The summed E-state index contributed by atoms with van der Waals surface area (Å²) in [6.07, 6.45) is 0.521. The molecule has 0 heterocycles. The van der Waals surface area contributed by atoms with Gasteiger partial charge in [0.25, 0.3) is 0 Å². The molecule has 0 saturated heterocycles. The third kappa shape index (κ3) is 3.72. The molecule has 0 spiro atoms. The molecule has 0 atom stereocenters. The number of esters is 1. The van der Waals surface area contributed by atoms with Crippen molar-refractivity contribution in [2.75, 3.05) is 6.61 Å². The molecule has 3 nitrogen and oxygen atoms in total. The first-order valence-electron chi connectivity index (χ1n) is 4.39. The van der Waals surface area contributed by atoms with Crippen molar-refractivity contribution in [2.24, 2.45) is 0 Å². The van der Waals surface area contributed by atoms with Gasteiger partial charge in [0.1, 0.15) is 6.61 Å². The molecule has 0 aliphatic rings. The topological polar surface area (TPSA) is 50.1 Å². The van der Waals surface area contributed by atoms with Crippen molar-refractivity contribution in [1.82, 2.24) is 0 Å². The van der Waals surface area contributed by atoms with E-state index in [9.17, 15) is 4.79 Å². The molecule has 0 bridgehead atoms. The Hall–Kier alpha value is -1.82. The molecule has 0 N–H and O–H groups in total. The van der Waals surface area contributed by atoms with Crippen LogP contribution in [0.5, 0.6) is 0 Å². The molecule has 0 aromatic heterocycles. The molecule has 1 rings (SSSR count). The van der Waals surface area contributed by atoms with Crippen molar-refractivity contribution in [1.29, 1.82) is 5.26 Å². The van der Waals surface area contributed by atoms with Gasteiger partial charge in [-0.05, 0) is 5.56 Å². The molecule has 3 heteroatoms. The normalized spacial score (nSPS) is 9.07. The Kier molecular flexibility index (Phi) is 4.22. The minimum absolute atomic E-state index is 0.183. The molecule has 0 amide bonds. The molecule has 0 radical (unpaired) electrons. The first-order valence-corrected chi connectivity index (χ1v) is 4.39. The molecule has 0 fully saturated rings. The molecule has 1 aromatic rings. The van der Waals surface area contributed by atoms with Crippen LogP contribution in [-0.4, -0.2) is 12.6 Å². The Morgan fingerprint density at radius 2 is 2.07 bits per heavy atom. The first-order chi connectivity index (χ1) is 6.83. The molecule has 0 unspecified atom stereocenters. The highest BCUT2D eigenvalue weighted by Gasteiger charge is 2.03. The number of carbonyl (C=O) groups excluding carboxylic acids is 1. The predicted molar refractivity (Wildman–Crippen MR) is 51.3 cm³/mol. The lowest BCUT2D eigenvalue weighted by Gasteiger charge is -2.01. The van der Waals surface area contributed by atoms with Crippen LogP contribution in [-0.2, 0) is 16.0 Å². The molecule has 14 heavy (non-hydrogen) atoms. The summed E-state index contributed by atoms with van der Waals surface area (Å²) in [5, 5.41) is 8.23. The van der Waals surface area contributed by atoms with Crippen LogP contribution in [0, 0.1) is 11.3 Å². The number of nitriles is 1. The van der Waals surface area contributed by atoms with E-state index in [-0.39, 0.29) is 25.4 Å². The van der Waals surface area contributed by atoms with Gasteiger partial charge in [0.15, 0.2) is 0 Å². The molecule has 0 aliphatic heterocycles. The highest BCUT2D eigenvalue weighted by Crippen LogP contribution is 2.00. The van der Waals surface area contributed by atoms with Crippen LogP contribution in [0.3, 0.4) is 0 Å². The number of rotatable bonds is 4. The lowest BCUT2D eigenvalue weighted by Crippen LogP contribution is -2.08. The summed E-state index contributed by atoms with van der Waals surface area (Å²) in [7, 11) is 0. The third-order valence-electron chi connectivity index (χ3n) is 1.67. The van der Waals surface area contributed by atoms with Crippen molar-refractivity contribution < 1.29 is 9.53 Å². The third-order valence-corrected chi connectivity index (χ3v) is 1.67. The van der Waals surface area contributed by atoms with Crippen LogP contribution < -0.4 is 0 Å². The fourth-order valence-corrected chi connectivity index (χ4v) is 1.02. The van der Waals surface area contributed by atoms with Gasteiger partial charge in [-0.3, -0.25) is 4.79 Å². The molecule has 0 aliphatic carbocycles. The van der Waals surface area contributed by atoms with Crippen molar-refractivity contribution in [2.45, 2.75) is 12.8 Å². The number of benzene rings is 1. The number of nitrogens with zero attached hydrogens (tertiary/aromatic N) is 1. The van der Waals surface area contributed by atoms with Gasteiger partial charge in [-0.15, -0.1) is 0 Å². The van der Waals surface area contributed by atoms with Crippen LogP contribution in [0.15, 0.2) is 30.3 Å². The summed E-state index contributed by atoms with van der Waals surface area (Å²) in [6.45, 7) is 0.183. The quantitative estimate of drug-likeness (QED) is 0.535. The maximum Gasteiger partial charge on any atom is 0.310 e. The Bertz CT molecular complexity index is 327. The SMILES string of the molecule is N#CCCOC(=O)Cc1ccccc1. The minimum Gasteiger partial charge on any atom is -0.464 e. The molecular formula is C11H11NO2. The van der Waals surface area contributed by atoms with Crippen LogP contribution in [0.25, 0.3) is 0 Å². The van der Waals surface area contributed by atoms with E-state index in [4.69, 9.17) is 10.00 Å². The molecule has 0 saturated carbocycles. The van der Waals surface area contributed by atoms with Crippen LogP contribution >= 0.6 is 0 Å². The van der Waals surface area contributed by atoms with E-state index < -0.39 is 0 Å². The van der Waals surface area contributed by atoms with E-state index in [0.29, 0.717) is 0 Å². The van der Waals surface area contributed by atoms with Gasteiger partial charge < -0.3 is 4.74 Å². The lowest BCUT2D eigenvalue weighted by atomic mass is 10.2. The van der Waals surface area contributed by atoms with Crippen molar-refractivity contribution in [3.05, 3.63) is 35.9 Å². The molecule has 1 aromatic carbocycles. The zero-order valence-corrected chi connectivity index (χ0v) is 7.77. The summed E-state index contributed by atoms with van der Waals surface area (Å²) in [6, 6.07) is 11.3. The molecular weight excluding hydrogens is 178 g/mol. The number of hydrogen-bond donors (Lipinski definition) is 0. The monoisotopic (exact) mass is 189 g/mol. The Labute approximate surface area is 82.9 Å². The van der Waals surface area contributed by atoms with Crippen molar-refractivity contribution >= 4 is 5.97 Å². The fourth-order valence-electron chi connectivity index (χ4n) is 1.02. The summed E-state index contributed by atoms with van der Waals surface area (Å²) < 4.78 is 4.82. The standard InChI is InChI=1S/C11H11NO2/c12-7-4-8-14-11(13)9-10-5-2-1-3-6-10/h1-3,5-6H,4,8-9H2. The van der Waals surface area contributed by atoms with Gasteiger partial charge in [0, 0.05) is 0 Å². The molecule has 72 valence electrons. The number of carbonyl (C=O) groups is 1. The van der Waals surface area contributed by atoms with Gasteiger partial charge in [0.2, 0.25) is 0 Å². The lowest BCUT2D eigenvalue weighted by molar-refractivity contribution is -0.142. The van der Waals surface area contributed by atoms with Crippen LogP contribution in [0.4, 0.5) is 0 Å². The average Bonchev–Trinajstić information content (AvgIpc) is 2.20. The fraction of sp³-hybridized carbons (Fsp3) is 0.273. The largest absolute Gasteiger partial charge is 0.464 e. The average molecular weight is 189 g/mol. The predicted octanol–water partition coefficient (Wildman–Crippen LogP) is 1.69. The smallest absolute Gasteiger partial charge is 0.310 e. The maximum atomic E-state index is 11.2. The Morgan fingerprint density at radius 1 is 1.36 bits per heavy atom. The second-order valence-electron chi connectivity index (χ2n) is 2.79. The van der Waals surface area contributed by atoms with Gasteiger partial charge >= 0.3 is 5.97 Å². The van der Waals surface area contributed by atoms with Crippen LogP contribution in [0.2, 0.25) is 0 Å². The van der Waals surface area contributed by atoms with Gasteiger partial charge in [-0.1, -0.05) is 30.3 Å². The summed E-state index contributed by atoms with van der Waals surface area (Å²) >= 11 is 0. The van der Waals surface area contributed by atoms with Crippen LogP contribution in [0.1, 0.15) is 12.0 Å². The zero-order chi connectivity index (χ0) is 10.2. The summed E-state index contributed by atoms with van der Waals surface area (Å²) in [5.74, 6) is -0.286. The van der Waals surface area contributed by atoms with E-state index >= 15 is 0 Å². The minimum atomic E-state index is -0.286. The first kappa shape index (κ1) is 10.3. The summed E-state index contributed by atoms with van der Waals surface area (Å²) in [4.78, 5) is 11.2. The Morgan fingerprint density at radius 3 is 2.71 bits per heavy atom. The second-order valence-corrected chi connectivity index (χ2v) is 2.79. The highest BCUT2D eigenvalue weighted by atomic mass is 16.5. The zero-order valence-electron chi connectivity index (χ0n) is 7.77. The summed E-state index contributed by atoms with van der Waals surface area (Å²) in [5.41, 5.74) is 0.925. The van der Waals surface area contributed by atoms with E-state index in [1.807, 2.05) is 36.4 Å². The van der Waals surface area contributed by atoms with E-state index in [1.165, 1.54) is 0 Å². The van der Waals surface area contributed by atoms with E-state index in [0.717, 1.165) is 5.56 Å². The second kappa shape index (κ2) is 5.76. The van der Waals surface area contributed by atoms with Gasteiger partial charge in [-0.25, -0.2) is 0 Å². The number of ether oxygens (including phenoxy) is 1. The van der Waals surface area contributed by atoms with Crippen molar-refractivity contribution in [3.63, 3.8) is 0 Å². The van der Waals surface area contributed by atoms with Gasteiger partial charge in [-0.2, -0.15) is 5.26 Å². The maximum absolute atomic E-state index is 11.2. The van der Waals surface area contributed by atoms with E-state index in [2.05, 4.69) is 0 Å². The number of hydrogen-bond acceptors (Lipinski definition) is 3. The van der Waals surface area contributed by atoms with Crippen molar-refractivity contribution in [3.8, 4) is 6.07 Å². The van der Waals surface area contributed by atoms with Gasteiger partial charge in [0.05, 0.1) is 18.9 Å².